The Morgan fingerprint density at radius 2 is 1.53 bits per heavy atom. The summed E-state index contributed by atoms with van der Waals surface area (Å²) in [4.78, 5) is 18.8. The van der Waals surface area contributed by atoms with Crippen molar-refractivity contribution in [2.75, 3.05) is 24.5 Å². The first kappa shape index (κ1) is 27.4. The highest BCUT2D eigenvalue weighted by Crippen LogP contribution is 2.41. The van der Waals surface area contributed by atoms with E-state index in [0.717, 1.165) is 57.2 Å². The van der Waals surface area contributed by atoms with Gasteiger partial charge in [0.2, 0.25) is 5.91 Å². The van der Waals surface area contributed by atoms with Crippen molar-refractivity contribution in [1.29, 1.82) is 0 Å². The molecular formula is C31H52N4O. The van der Waals surface area contributed by atoms with Crippen LogP contribution in [-0.4, -0.2) is 48.2 Å². The molecule has 4 rings (SSSR count). The molecule has 1 amide bonds. The predicted molar refractivity (Wildman–Crippen MR) is 151 cm³/mol. The number of piperidine rings is 1. The van der Waals surface area contributed by atoms with Gasteiger partial charge in [-0.3, -0.25) is 4.79 Å². The van der Waals surface area contributed by atoms with Crippen LogP contribution in [0.1, 0.15) is 104 Å². The van der Waals surface area contributed by atoms with Gasteiger partial charge in [0.1, 0.15) is 11.7 Å². The topological polar surface area (TPSA) is 61.6 Å². The molecule has 0 aromatic heterocycles. The number of rotatable bonds is 12. The van der Waals surface area contributed by atoms with Gasteiger partial charge in [0.25, 0.3) is 0 Å². The molecule has 3 aliphatic rings. The number of amides is 1. The Hall–Kier alpha value is -1.59. The van der Waals surface area contributed by atoms with E-state index in [4.69, 9.17) is 5.73 Å². The van der Waals surface area contributed by atoms with Gasteiger partial charge in [0.05, 0.1) is 0 Å². The zero-order valence-electron chi connectivity index (χ0n) is 23.1. The van der Waals surface area contributed by atoms with Crippen LogP contribution in [0, 0.1) is 11.8 Å². The lowest BCUT2D eigenvalue weighted by molar-refractivity contribution is -0.125. The van der Waals surface area contributed by atoms with Crippen molar-refractivity contribution in [2.24, 2.45) is 17.6 Å². The van der Waals surface area contributed by atoms with Crippen molar-refractivity contribution < 1.29 is 4.79 Å². The van der Waals surface area contributed by atoms with Crippen molar-refractivity contribution in [3.05, 3.63) is 30.3 Å². The Morgan fingerprint density at radius 1 is 0.917 bits per heavy atom. The van der Waals surface area contributed by atoms with E-state index < -0.39 is 0 Å². The van der Waals surface area contributed by atoms with Crippen LogP contribution < -0.4 is 16.0 Å². The smallest absolute Gasteiger partial charge is 0.247 e. The van der Waals surface area contributed by atoms with E-state index in [9.17, 15) is 4.79 Å². The Bertz CT molecular complexity index is 781. The number of nitrogens with two attached hydrogens (primary N) is 1. The second kappa shape index (κ2) is 13.3. The molecule has 1 aromatic carbocycles. The highest BCUT2D eigenvalue weighted by atomic mass is 16.2. The van der Waals surface area contributed by atoms with Crippen molar-refractivity contribution in [1.82, 2.24) is 10.2 Å². The number of likely N-dealkylation sites (tertiary alicyclic amines) is 1. The summed E-state index contributed by atoms with van der Waals surface area (Å²) in [5.41, 5.74) is 6.42. The number of unbranched alkanes of at least 4 members (excludes halogenated alkanes) is 6. The molecule has 1 aromatic rings. The third-order valence-electron chi connectivity index (χ3n) is 9.53. The Morgan fingerprint density at radius 3 is 2.14 bits per heavy atom. The van der Waals surface area contributed by atoms with E-state index in [2.05, 4.69) is 59.3 Å². The molecule has 3 N–H and O–H groups in total. The summed E-state index contributed by atoms with van der Waals surface area (Å²) in [5, 5.41) is 3.45. The quantitative estimate of drug-likeness (QED) is 0.344. The van der Waals surface area contributed by atoms with E-state index in [-0.39, 0.29) is 17.6 Å². The number of nitrogens with one attached hydrogen (secondary N) is 1. The number of para-hydroxylation sites is 1. The van der Waals surface area contributed by atoms with Gasteiger partial charge in [-0.2, -0.15) is 0 Å². The highest BCUT2D eigenvalue weighted by molar-refractivity contribution is 5.94. The number of anilines is 1. The molecule has 5 nitrogen and oxygen atoms in total. The van der Waals surface area contributed by atoms with E-state index in [1.165, 1.54) is 69.9 Å². The van der Waals surface area contributed by atoms with E-state index in [0.29, 0.717) is 6.04 Å². The zero-order valence-corrected chi connectivity index (χ0v) is 23.1. The average molecular weight is 497 g/mol. The maximum absolute atomic E-state index is 13.6. The molecule has 3 fully saturated rings. The number of benzene rings is 1. The summed E-state index contributed by atoms with van der Waals surface area (Å²) in [5.74, 6) is 1.98. The lowest BCUT2D eigenvalue weighted by Gasteiger charge is -2.48. The maximum atomic E-state index is 13.6. The fourth-order valence-corrected chi connectivity index (χ4v) is 7.20. The molecule has 202 valence electrons. The number of nitrogens with zero attached hydrogens (tertiary/aromatic N) is 2. The first-order chi connectivity index (χ1) is 17.5. The molecule has 2 aliphatic heterocycles. The van der Waals surface area contributed by atoms with Gasteiger partial charge in [-0.05, 0) is 88.3 Å². The summed E-state index contributed by atoms with van der Waals surface area (Å²) >= 11 is 0. The molecule has 2 heterocycles. The molecule has 0 bridgehead atoms. The van der Waals surface area contributed by atoms with Crippen LogP contribution >= 0.6 is 0 Å². The van der Waals surface area contributed by atoms with Crippen molar-refractivity contribution in [3.63, 3.8) is 0 Å². The minimum Gasteiger partial charge on any atom is -0.336 e. The van der Waals surface area contributed by atoms with Crippen LogP contribution in [0.4, 0.5) is 5.69 Å². The number of carbonyl (C=O) groups excluding carboxylic acids is 1. The van der Waals surface area contributed by atoms with Gasteiger partial charge in [0.15, 0.2) is 0 Å². The SMILES string of the molecule is CC(C)[C@H]1CC[C@H](N2CCC3(CC2)C(=O)NC(CCCCCCCCCN)N3c2ccccc2)CC1. The normalized spacial score (nSPS) is 26.6. The molecule has 1 atom stereocenters. The van der Waals surface area contributed by atoms with Crippen molar-refractivity contribution >= 4 is 11.6 Å². The van der Waals surface area contributed by atoms with Crippen molar-refractivity contribution in [3.8, 4) is 0 Å². The molecule has 5 heteroatoms. The van der Waals surface area contributed by atoms with Gasteiger partial charge in [-0.15, -0.1) is 0 Å². The van der Waals surface area contributed by atoms with Crippen LogP contribution in [-0.2, 0) is 4.79 Å². The Labute approximate surface area is 220 Å². The number of carbonyl (C=O) groups is 1. The van der Waals surface area contributed by atoms with Gasteiger partial charge in [0, 0.05) is 24.8 Å². The Balaban J connectivity index is 1.35. The molecule has 2 saturated heterocycles. The molecule has 0 radical (unpaired) electrons. The third kappa shape index (κ3) is 6.45. The second-order valence-electron chi connectivity index (χ2n) is 12.1. The third-order valence-corrected chi connectivity index (χ3v) is 9.53. The fraction of sp³-hybridized carbons (Fsp3) is 0.774. The Kier molecular flexibility index (Phi) is 10.1. The van der Waals surface area contributed by atoms with Crippen LogP contribution in [0.2, 0.25) is 0 Å². The largest absolute Gasteiger partial charge is 0.336 e. The van der Waals surface area contributed by atoms with E-state index in [1.54, 1.807) is 0 Å². The van der Waals surface area contributed by atoms with Crippen molar-refractivity contribution in [2.45, 2.75) is 121 Å². The predicted octanol–water partition coefficient (Wildman–Crippen LogP) is 6.08. The molecular weight excluding hydrogens is 444 g/mol. The maximum Gasteiger partial charge on any atom is 0.247 e. The summed E-state index contributed by atoms with van der Waals surface area (Å²) < 4.78 is 0. The summed E-state index contributed by atoms with van der Waals surface area (Å²) in [6.45, 7) is 7.67. The fourth-order valence-electron chi connectivity index (χ4n) is 7.20. The minimum absolute atomic E-state index is 0.116. The van der Waals surface area contributed by atoms with E-state index >= 15 is 0 Å². The van der Waals surface area contributed by atoms with Gasteiger partial charge in [-0.25, -0.2) is 0 Å². The van der Waals surface area contributed by atoms with E-state index in [1.807, 2.05) is 0 Å². The first-order valence-electron chi connectivity index (χ1n) is 15.1. The van der Waals surface area contributed by atoms with Crippen LogP contribution in [0.3, 0.4) is 0 Å². The number of hydrogen-bond acceptors (Lipinski definition) is 4. The first-order valence-corrected chi connectivity index (χ1v) is 15.1. The zero-order chi connectivity index (χ0) is 25.4. The van der Waals surface area contributed by atoms with Crippen LogP contribution in [0.25, 0.3) is 0 Å². The standard InChI is InChI=1S/C31H52N4O/c1-25(2)26-16-18-27(19-17-26)34-23-20-31(21-24-34)30(36)33-29(35(31)28-13-9-8-10-14-28)15-11-6-4-3-5-7-12-22-32/h8-10,13-14,25-27,29H,3-7,11-12,15-24,32H2,1-2H3,(H,33,36)/t26-,27-,29?. The average Bonchev–Trinajstić information content (AvgIpc) is 3.17. The highest BCUT2D eigenvalue weighted by Gasteiger charge is 2.54. The van der Waals surface area contributed by atoms with Gasteiger partial charge >= 0.3 is 0 Å². The molecule has 1 spiro atoms. The van der Waals surface area contributed by atoms with Crippen LogP contribution in [0.5, 0.6) is 0 Å². The minimum atomic E-state index is -0.389. The molecule has 1 saturated carbocycles. The number of hydrogen-bond donors (Lipinski definition) is 2. The molecule has 36 heavy (non-hydrogen) atoms. The molecule has 1 unspecified atom stereocenters. The lowest BCUT2D eigenvalue weighted by atomic mass is 9.78. The summed E-state index contributed by atoms with van der Waals surface area (Å²) in [7, 11) is 0. The summed E-state index contributed by atoms with van der Waals surface area (Å²) in [6, 6.07) is 11.4. The van der Waals surface area contributed by atoms with Crippen LogP contribution in [0.15, 0.2) is 30.3 Å². The van der Waals surface area contributed by atoms with Gasteiger partial charge in [-0.1, -0.05) is 64.2 Å². The lowest BCUT2D eigenvalue weighted by Crippen LogP contribution is -2.59. The second-order valence-corrected chi connectivity index (χ2v) is 12.1. The van der Waals surface area contributed by atoms with Gasteiger partial charge < -0.3 is 20.9 Å². The molecule has 1 aliphatic carbocycles. The monoisotopic (exact) mass is 496 g/mol. The summed E-state index contributed by atoms with van der Waals surface area (Å²) in [6.07, 6.45) is 17.2.